The molecule has 115 valence electrons. The van der Waals surface area contributed by atoms with Crippen molar-refractivity contribution in [2.45, 2.75) is 0 Å². The van der Waals surface area contributed by atoms with Gasteiger partial charge in [0.05, 0.1) is 13.0 Å². The van der Waals surface area contributed by atoms with Crippen molar-refractivity contribution in [1.29, 1.82) is 0 Å². The van der Waals surface area contributed by atoms with Gasteiger partial charge in [-0.15, -0.1) is 0 Å². The van der Waals surface area contributed by atoms with Gasteiger partial charge in [0.2, 0.25) is 0 Å². The van der Waals surface area contributed by atoms with Crippen molar-refractivity contribution in [2.24, 2.45) is 5.10 Å². The van der Waals surface area contributed by atoms with Gasteiger partial charge in [0, 0.05) is 24.2 Å². The summed E-state index contributed by atoms with van der Waals surface area (Å²) < 4.78 is 4.90. The molecule has 1 radical (unpaired) electrons. The third-order valence-electron chi connectivity index (χ3n) is 2.50. The first kappa shape index (κ1) is 19.6. The fourth-order valence-electron chi connectivity index (χ4n) is 1.49. The number of benzene rings is 1. The second-order valence-corrected chi connectivity index (χ2v) is 3.76. The van der Waals surface area contributed by atoms with E-state index in [4.69, 9.17) is 4.74 Å². The second kappa shape index (κ2) is 9.51. The topological polar surface area (TPSA) is 120 Å². The van der Waals surface area contributed by atoms with Crippen molar-refractivity contribution < 1.29 is 37.2 Å². The molecule has 1 aromatic carbocycles. The van der Waals surface area contributed by atoms with E-state index < -0.39 is 5.91 Å². The second-order valence-electron chi connectivity index (χ2n) is 3.76. The zero-order valence-electron chi connectivity index (χ0n) is 11.6. The maximum atomic E-state index is 11.8. The Balaban J connectivity index is 0.00000220. The average Bonchev–Trinajstić information content (AvgIpc) is 2.49. The summed E-state index contributed by atoms with van der Waals surface area (Å²) in [5.74, 6) is -0.585. The van der Waals surface area contributed by atoms with Crippen LogP contribution >= 0.6 is 0 Å². The first-order valence-corrected chi connectivity index (χ1v) is 5.75. The quantitative estimate of drug-likeness (QED) is 0.465. The molecule has 0 saturated heterocycles. The summed E-state index contributed by atoms with van der Waals surface area (Å²) in [7, 11) is 1.41. The predicted molar refractivity (Wildman–Crippen MR) is 75.6 cm³/mol. The van der Waals surface area contributed by atoms with Crippen LogP contribution in [-0.4, -0.2) is 29.7 Å². The molecule has 1 aromatic heterocycles. The largest absolute Gasteiger partial charge is 2.00 e. The molecule has 8 heteroatoms. The Morgan fingerprint density at radius 2 is 2.00 bits per heavy atom. The van der Waals surface area contributed by atoms with E-state index in [-0.39, 0.29) is 34.0 Å². The number of amides is 1. The minimum Gasteiger partial charge on any atom is -0.870 e. The van der Waals surface area contributed by atoms with Gasteiger partial charge in [-0.1, -0.05) is 17.9 Å². The molecule has 0 bridgehead atoms. The van der Waals surface area contributed by atoms with Gasteiger partial charge < -0.3 is 30.6 Å². The molecular weight excluding hydrogens is 329 g/mol. The molecular formula is C14H13MnN3O4. The van der Waals surface area contributed by atoms with Crippen LogP contribution < -0.4 is 9.84 Å². The Morgan fingerprint density at radius 3 is 2.64 bits per heavy atom. The summed E-state index contributed by atoms with van der Waals surface area (Å²) in [5.41, 5.74) is 4.19. The molecule has 0 aliphatic rings. The van der Waals surface area contributed by atoms with Gasteiger partial charge in [0.25, 0.3) is 0 Å². The molecule has 0 saturated carbocycles. The smallest absolute Gasteiger partial charge is 0.870 e. The summed E-state index contributed by atoms with van der Waals surface area (Å²) in [4.78, 5) is 15.4. The van der Waals surface area contributed by atoms with Crippen molar-refractivity contribution in [2.75, 3.05) is 7.11 Å². The van der Waals surface area contributed by atoms with Crippen LogP contribution in [0.1, 0.15) is 15.9 Å². The average molecular weight is 342 g/mol. The number of para-hydroxylation sites is 1. The molecule has 1 heterocycles. The van der Waals surface area contributed by atoms with Crippen LogP contribution in [0.3, 0.4) is 0 Å². The minimum absolute atomic E-state index is 0. The summed E-state index contributed by atoms with van der Waals surface area (Å²) in [5, 5.41) is 15.4. The zero-order valence-corrected chi connectivity index (χ0v) is 12.7. The van der Waals surface area contributed by atoms with Gasteiger partial charge in [0.1, 0.15) is 5.75 Å². The van der Waals surface area contributed by atoms with Crippen molar-refractivity contribution in [3.63, 3.8) is 0 Å². The first-order chi connectivity index (χ1) is 9.72. The summed E-state index contributed by atoms with van der Waals surface area (Å²) in [6.45, 7) is 0. The zero-order chi connectivity index (χ0) is 14.4. The van der Waals surface area contributed by atoms with Crippen LogP contribution in [0.25, 0.3) is 5.43 Å². The number of carbonyl (C=O) groups excluding carboxylic acids is 1. The van der Waals surface area contributed by atoms with Crippen LogP contribution in [0, 0.1) is 0 Å². The van der Waals surface area contributed by atoms with E-state index in [0.29, 0.717) is 11.1 Å². The molecule has 0 spiro atoms. The molecule has 0 fully saturated rings. The maximum absolute atomic E-state index is 11.8. The maximum Gasteiger partial charge on any atom is 2.00 e. The molecule has 0 aliphatic carbocycles. The molecule has 7 nitrogen and oxygen atoms in total. The number of rotatable bonds is 4. The third kappa shape index (κ3) is 4.85. The SMILES string of the molecule is COc1cccc(C=N[N-]C(=O)c2ccncc2)c1[O-].O.[Mn+2]. The van der Waals surface area contributed by atoms with E-state index in [1.165, 1.54) is 37.9 Å². The summed E-state index contributed by atoms with van der Waals surface area (Å²) >= 11 is 0. The number of ether oxygens (including phenoxy) is 1. The first-order valence-electron chi connectivity index (χ1n) is 5.75. The molecule has 1 amide bonds. The Bertz CT molecular complexity index is 635. The molecule has 0 aliphatic heterocycles. The van der Waals surface area contributed by atoms with Crippen molar-refractivity contribution in [3.05, 3.63) is 59.3 Å². The number of aromatic nitrogens is 1. The van der Waals surface area contributed by atoms with Gasteiger partial charge in [0.15, 0.2) is 0 Å². The van der Waals surface area contributed by atoms with Crippen LogP contribution in [0.4, 0.5) is 0 Å². The molecule has 2 rings (SSSR count). The van der Waals surface area contributed by atoms with Gasteiger partial charge in [-0.2, -0.15) is 0 Å². The molecule has 0 atom stereocenters. The number of pyridine rings is 1. The number of carbonyl (C=O) groups is 1. The van der Waals surface area contributed by atoms with Crippen LogP contribution in [0.5, 0.6) is 11.5 Å². The molecule has 2 aromatic rings. The van der Waals surface area contributed by atoms with E-state index in [1.54, 1.807) is 18.2 Å². The fraction of sp³-hybridized carbons (Fsp3) is 0.0714. The Hall–Kier alpha value is -2.41. The summed E-state index contributed by atoms with van der Waals surface area (Å²) in [6.07, 6.45) is 4.21. The molecule has 0 unspecified atom stereocenters. The predicted octanol–water partition coefficient (Wildman–Crippen LogP) is 0.885. The third-order valence-corrected chi connectivity index (χ3v) is 2.50. The van der Waals surface area contributed by atoms with E-state index in [9.17, 15) is 9.90 Å². The summed E-state index contributed by atoms with van der Waals surface area (Å²) in [6, 6.07) is 7.85. The monoisotopic (exact) mass is 342 g/mol. The number of hydrogen-bond acceptors (Lipinski definition) is 5. The van der Waals surface area contributed by atoms with Gasteiger partial charge in [-0.3, -0.25) is 4.98 Å². The van der Waals surface area contributed by atoms with E-state index in [1.807, 2.05) is 0 Å². The Kier molecular flexibility index (Phi) is 8.47. The van der Waals surface area contributed by atoms with Gasteiger partial charge >= 0.3 is 17.1 Å². The van der Waals surface area contributed by atoms with Gasteiger partial charge in [-0.25, -0.2) is 0 Å². The van der Waals surface area contributed by atoms with Gasteiger partial charge in [-0.05, 0) is 23.8 Å². The van der Waals surface area contributed by atoms with Crippen molar-refractivity contribution >= 4 is 12.1 Å². The standard InChI is InChI=1S/C14H13N3O3.Mn.H2O/c1-20-12-4-2-3-11(13(12)18)9-16-17-14(19)10-5-7-15-8-6-10;;/h2-9H,1H3,(H2,15,16,17,18,19);;1H2/q;+2;/p-2. The van der Waals surface area contributed by atoms with Crippen LogP contribution in [0.2, 0.25) is 0 Å². The Morgan fingerprint density at radius 1 is 1.32 bits per heavy atom. The van der Waals surface area contributed by atoms with Crippen molar-refractivity contribution in [3.8, 4) is 11.5 Å². The molecule has 22 heavy (non-hydrogen) atoms. The number of methoxy groups -OCH3 is 1. The Labute approximate surface area is 137 Å². The van der Waals surface area contributed by atoms with E-state index in [2.05, 4.69) is 15.5 Å². The van der Waals surface area contributed by atoms with E-state index in [0.717, 1.165) is 0 Å². The van der Waals surface area contributed by atoms with Crippen molar-refractivity contribution in [1.82, 2.24) is 4.98 Å². The van der Waals surface area contributed by atoms with Crippen LogP contribution in [0.15, 0.2) is 47.8 Å². The van der Waals surface area contributed by atoms with E-state index >= 15 is 0 Å². The minimum atomic E-state index is -0.501. The number of hydrogen-bond donors (Lipinski definition) is 0. The normalized spacial score (nSPS) is 9.50. The van der Waals surface area contributed by atoms with Crippen LogP contribution in [-0.2, 0) is 17.1 Å². The number of nitrogens with zero attached hydrogens (tertiary/aromatic N) is 3. The molecule has 2 N–H and O–H groups in total. The fourth-order valence-corrected chi connectivity index (χ4v) is 1.49.